The van der Waals surface area contributed by atoms with Gasteiger partial charge in [-0.3, -0.25) is 19.3 Å². The van der Waals surface area contributed by atoms with Gasteiger partial charge in [0.05, 0.1) is 34.0 Å². The molecule has 0 radical (unpaired) electrons. The van der Waals surface area contributed by atoms with E-state index in [1.54, 1.807) is 24.3 Å². The Hall–Kier alpha value is -3.35. The Bertz CT molecular complexity index is 1170. The summed E-state index contributed by atoms with van der Waals surface area (Å²) in [5, 5.41) is 3.10. The van der Waals surface area contributed by atoms with Crippen molar-refractivity contribution in [2.75, 3.05) is 12.4 Å². The first-order valence-electron chi connectivity index (χ1n) is 9.75. The van der Waals surface area contributed by atoms with E-state index in [9.17, 15) is 14.4 Å². The van der Waals surface area contributed by atoms with Gasteiger partial charge in [-0.25, -0.2) is 0 Å². The predicted octanol–water partition coefficient (Wildman–Crippen LogP) is 4.85. The van der Waals surface area contributed by atoms with Crippen LogP contribution in [0.4, 0.5) is 5.69 Å². The molecule has 6 nitrogen and oxygen atoms in total. The van der Waals surface area contributed by atoms with Gasteiger partial charge in [0.1, 0.15) is 11.8 Å². The second-order valence-corrected chi connectivity index (χ2v) is 8.00. The lowest BCUT2D eigenvalue weighted by atomic mass is 10.0. The van der Waals surface area contributed by atoms with Gasteiger partial charge in [-0.1, -0.05) is 65.7 Å². The van der Waals surface area contributed by atoms with Crippen molar-refractivity contribution in [3.63, 3.8) is 0 Å². The number of benzene rings is 3. The lowest BCUT2D eigenvalue weighted by Crippen LogP contribution is -2.48. The fourth-order valence-corrected chi connectivity index (χ4v) is 3.97. The number of hydrogen-bond donors (Lipinski definition) is 1. The summed E-state index contributed by atoms with van der Waals surface area (Å²) >= 11 is 12.1. The smallest absolute Gasteiger partial charge is 0.262 e. The maximum Gasteiger partial charge on any atom is 0.262 e. The van der Waals surface area contributed by atoms with Crippen LogP contribution in [0.1, 0.15) is 26.3 Å². The van der Waals surface area contributed by atoms with Crippen molar-refractivity contribution in [1.82, 2.24) is 4.90 Å². The lowest BCUT2D eigenvalue weighted by Gasteiger charge is -2.26. The minimum Gasteiger partial charge on any atom is -0.495 e. The zero-order valence-electron chi connectivity index (χ0n) is 17.0. The van der Waals surface area contributed by atoms with Gasteiger partial charge in [0.15, 0.2) is 0 Å². The summed E-state index contributed by atoms with van der Waals surface area (Å²) in [6.07, 6.45) is 0.134. The summed E-state index contributed by atoms with van der Waals surface area (Å²) in [5.41, 5.74) is 1.46. The zero-order chi connectivity index (χ0) is 22.8. The number of ether oxygens (including phenoxy) is 1. The van der Waals surface area contributed by atoms with Crippen LogP contribution in [0.5, 0.6) is 5.75 Å². The molecule has 162 valence electrons. The molecule has 3 aromatic rings. The van der Waals surface area contributed by atoms with Crippen LogP contribution >= 0.6 is 23.2 Å². The number of rotatable bonds is 6. The van der Waals surface area contributed by atoms with Crippen LogP contribution in [0.2, 0.25) is 10.0 Å². The number of carbonyl (C=O) groups excluding carboxylic acids is 3. The average Bonchev–Trinajstić information content (AvgIpc) is 3.03. The number of halogens is 2. The highest BCUT2D eigenvalue weighted by molar-refractivity contribution is 6.43. The Morgan fingerprint density at radius 1 is 0.938 bits per heavy atom. The van der Waals surface area contributed by atoms with Crippen molar-refractivity contribution in [2.24, 2.45) is 0 Å². The third-order valence-electron chi connectivity index (χ3n) is 5.21. The summed E-state index contributed by atoms with van der Waals surface area (Å²) in [4.78, 5) is 40.7. The number of hydrogen-bond acceptors (Lipinski definition) is 4. The third kappa shape index (κ3) is 4.07. The number of nitrogens with one attached hydrogen (secondary N) is 1. The van der Waals surface area contributed by atoms with Crippen molar-refractivity contribution in [1.29, 1.82) is 0 Å². The summed E-state index contributed by atoms with van der Waals surface area (Å²) in [6, 6.07) is 17.7. The molecule has 1 heterocycles. The highest BCUT2D eigenvalue weighted by atomic mass is 35.5. The first kappa shape index (κ1) is 21.9. The Kier molecular flexibility index (Phi) is 6.17. The van der Waals surface area contributed by atoms with E-state index in [0.717, 1.165) is 10.5 Å². The first-order chi connectivity index (χ1) is 15.4. The van der Waals surface area contributed by atoms with Crippen LogP contribution in [0.15, 0.2) is 66.7 Å². The minimum atomic E-state index is -1.10. The molecule has 32 heavy (non-hydrogen) atoms. The Labute approximate surface area is 194 Å². The van der Waals surface area contributed by atoms with Gasteiger partial charge in [0.25, 0.3) is 11.8 Å². The first-order valence-corrected chi connectivity index (χ1v) is 10.5. The summed E-state index contributed by atoms with van der Waals surface area (Å²) in [5.74, 6) is -1.26. The number of carbonyl (C=O) groups is 3. The van der Waals surface area contributed by atoms with E-state index < -0.39 is 23.8 Å². The quantitative estimate of drug-likeness (QED) is 0.524. The molecule has 0 aromatic heterocycles. The summed E-state index contributed by atoms with van der Waals surface area (Å²) < 4.78 is 5.30. The number of anilines is 1. The van der Waals surface area contributed by atoms with Crippen LogP contribution in [0.25, 0.3) is 0 Å². The van der Waals surface area contributed by atoms with E-state index in [0.29, 0.717) is 11.4 Å². The minimum absolute atomic E-state index is 0.118. The molecule has 8 heteroatoms. The Morgan fingerprint density at radius 3 is 2.09 bits per heavy atom. The molecule has 3 amide bonds. The number of nitrogens with zero attached hydrogens (tertiary/aromatic N) is 1. The lowest BCUT2D eigenvalue weighted by molar-refractivity contribution is -0.119. The predicted molar refractivity (Wildman–Crippen MR) is 123 cm³/mol. The molecule has 4 rings (SSSR count). The van der Waals surface area contributed by atoms with Gasteiger partial charge in [-0.05, 0) is 29.8 Å². The number of fused-ring (bicyclic) bond motifs is 1. The van der Waals surface area contributed by atoms with Crippen LogP contribution in [0, 0.1) is 0 Å². The number of amides is 3. The van der Waals surface area contributed by atoms with Crippen LogP contribution in [-0.4, -0.2) is 35.8 Å². The second-order valence-electron chi connectivity index (χ2n) is 7.19. The molecule has 0 unspecified atom stereocenters. The highest BCUT2D eigenvalue weighted by Gasteiger charge is 2.43. The topological polar surface area (TPSA) is 75.7 Å². The number of methoxy groups -OCH3 is 1. The monoisotopic (exact) mass is 468 g/mol. The van der Waals surface area contributed by atoms with E-state index in [-0.39, 0.29) is 27.6 Å². The van der Waals surface area contributed by atoms with Crippen molar-refractivity contribution in [2.45, 2.75) is 12.5 Å². The van der Waals surface area contributed by atoms with Crippen LogP contribution in [-0.2, 0) is 11.2 Å². The van der Waals surface area contributed by atoms with E-state index >= 15 is 0 Å². The van der Waals surface area contributed by atoms with Gasteiger partial charge < -0.3 is 10.1 Å². The van der Waals surface area contributed by atoms with Gasteiger partial charge >= 0.3 is 0 Å². The molecule has 0 saturated carbocycles. The fraction of sp³-hybridized carbons (Fsp3) is 0.125. The normalized spacial score (nSPS) is 13.7. The zero-order valence-corrected chi connectivity index (χ0v) is 18.5. The van der Waals surface area contributed by atoms with Gasteiger partial charge in [-0.2, -0.15) is 0 Å². The molecule has 1 N–H and O–H groups in total. The van der Waals surface area contributed by atoms with Gasteiger partial charge in [0, 0.05) is 6.42 Å². The molecular weight excluding hydrogens is 451 g/mol. The third-order valence-corrected chi connectivity index (χ3v) is 5.93. The molecule has 0 aliphatic carbocycles. The molecule has 1 atom stereocenters. The molecule has 0 bridgehead atoms. The van der Waals surface area contributed by atoms with Crippen LogP contribution < -0.4 is 10.1 Å². The van der Waals surface area contributed by atoms with E-state index in [4.69, 9.17) is 27.9 Å². The molecule has 0 saturated heterocycles. The molecule has 0 spiro atoms. The summed E-state index contributed by atoms with van der Waals surface area (Å²) in [6.45, 7) is 0. The second kappa shape index (κ2) is 9.02. The SMILES string of the molecule is COc1ccccc1NC(=O)[C@H](Cc1ccccc1)N1C(=O)c2cc(Cl)c(Cl)cc2C1=O. The maximum atomic E-state index is 13.4. The van der Waals surface area contributed by atoms with Crippen molar-refractivity contribution in [3.05, 3.63) is 93.5 Å². The maximum absolute atomic E-state index is 13.4. The van der Waals surface area contributed by atoms with Crippen LogP contribution in [0.3, 0.4) is 0 Å². The Balaban J connectivity index is 1.72. The van der Waals surface area contributed by atoms with E-state index in [1.165, 1.54) is 19.2 Å². The van der Waals surface area contributed by atoms with Gasteiger partial charge in [-0.15, -0.1) is 0 Å². The van der Waals surface area contributed by atoms with E-state index in [2.05, 4.69) is 5.32 Å². The fourth-order valence-electron chi connectivity index (χ4n) is 3.64. The highest BCUT2D eigenvalue weighted by Crippen LogP contribution is 2.33. The molecular formula is C24H18Cl2N2O4. The number of para-hydroxylation sites is 2. The number of imide groups is 1. The standard InChI is InChI=1S/C24H18Cl2N2O4/c1-32-21-10-6-5-9-19(21)27-22(29)20(11-14-7-3-2-4-8-14)28-23(30)15-12-17(25)18(26)13-16(15)24(28)31/h2-10,12-13,20H,11H2,1H3,(H,27,29)/t20-/m0/s1. The van der Waals surface area contributed by atoms with Crippen molar-refractivity contribution < 1.29 is 19.1 Å². The molecule has 1 aliphatic heterocycles. The summed E-state index contributed by atoms with van der Waals surface area (Å²) in [7, 11) is 1.49. The van der Waals surface area contributed by atoms with Crippen molar-refractivity contribution >= 4 is 46.6 Å². The van der Waals surface area contributed by atoms with Gasteiger partial charge in [0.2, 0.25) is 5.91 Å². The molecule has 0 fully saturated rings. The van der Waals surface area contributed by atoms with E-state index in [1.807, 2.05) is 30.3 Å². The van der Waals surface area contributed by atoms with Crippen molar-refractivity contribution in [3.8, 4) is 5.75 Å². The molecule has 1 aliphatic rings. The Morgan fingerprint density at radius 2 is 1.50 bits per heavy atom. The molecule has 3 aromatic carbocycles. The largest absolute Gasteiger partial charge is 0.495 e. The average molecular weight is 469 g/mol.